The molecule has 0 aromatic heterocycles. The standard InChI is InChI=1S/C36H40BrN3O5S/c1-5-27(3)38-36(42)34(23-28-9-7-6-8-10-28)39(24-29-13-15-30(37)16-14-29)35(41)25-40(31-17-11-26(2)12-18-31)46(43,44)33-21-19-32(45-4)20-22-33/h6-22,27,34H,5,23-25H2,1-4H3,(H,38,42). The Labute approximate surface area is 280 Å². The number of ether oxygens (including phenoxy) is 1. The number of nitrogens with zero attached hydrogens (tertiary/aromatic N) is 2. The number of nitrogens with one attached hydrogen (secondary N) is 1. The summed E-state index contributed by atoms with van der Waals surface area (Å²) < 4.78 is 35.6. The maximum Gasteiger partial charge on any atom is 0.264 e. The van der Waals surface area contributed by atoms with Crippen molar-refractivity contribution in [3.8, 4) is 5.75 Å². The number of carbonyl (C=O) groups is 2. The van der Waals surface area contributed by atoms with E-state index >= 15 is 0 Å². The van der Waals surface area contributed by atoms with E-state index in [-0.39, 0.29) is 29.8 Å². The maximum atomic E-state index is 14.5. The predicted molar refractivity (Wildman–Crippen MR) is 185 cm³/mol. The van der Waals surface area contributed by atoms with Crippen molar-refractivity contribution in [1.29, 1.82) is 0 Å². The molecule has 8 nitrogen and oxygen atoms in total. The number of sulfonamides is 1. The van der Waals surface area contributed by atoms with Crippen LogP contribution in [0.3, 0.4) is 0 Å². The first-order valence-electron chi connectivity index (χ1n) is 15.1. The Balaban J connectivity index is 1.80. The molecule has 46 heavy (non-hydrogen) atoms. The van der Waals surface area contributed by atoms with E-state index in [1.165, 1.54) is 24.1 Å². The van der Waals surface area contributed by atoms with Crippen molar-refractivity contribution in [3.63, 3.8) is 0 Å². The first-order chi connectivity index (χ1) is 22.0. The highest BCUT2D eigenvalue weighted by molar-refractivity contribution is 9.10. The molecular weight excluding hydrogens is 666 g/mol. The first kappa shape index (κ1) is 34.7. The third-order valence-electron chi connectivity index (χ3n) is 7.79. The molecule has 0 fully saturated rings. The highest BCUT2D eigenvalue weighted by Gasteiger charge is 2.35. The second-order valence-corrected chi connectivity index (χ2v) is 14.0. The van der Waals surface area contributed by atoms with E-state index in [9.17, 15) is 18.0 Å². The zero-order chi connectivity index (χ0) is 33.3. The molecule has 4 aromatic rings. The summed E-state index contributed by atoms with van der Waals surface area (Å²) in [4.78, 5) is 30.0. The summed E-state index contributed by atoms with van der Waals surface area (Å²) in [6.45, 7) is 5.38. The molecule has 2 unspecified atom stereocenters. The SMILES string of the molecule is CCC(C)NC(=O)C(Cc1ccccc1)N(Cc1ccc(Br)cc1)C(=O)CN(c1ccc(C)cc1)S(=O)(=O)c1ccc(OC)cc1. The van der Waals surface area contributed by atoms with Crippen LogP contribution in [0.4, 0.5) is 5.69 Å². The third kappa shape index (κ3) is 8.98. The summed E-state index contributed by atoms with van der Waals surface area (Å²) in [6.07, 6.45) is 0.965. The quantitative estimate of drug-likeness (QED) is 0.161. The Morgan fingerprint density at radius 3 is 2.09 bits per heavy atom. The van der Waals surface area contributed by atoms with Gasteiger partial charge in [0.15, 0.2) is 0 Å². The summed E-state index contributed by atoms with van der Waals surface area (Å²) in [5, 5.41) is 3.05. The molecule has 242 valence electrons. The average molecular weight is 707 g/mol. The molecular formula is C36H40BrN3O5S. The van der Waals surface area contributed by atoms with Crippen molar-refractivity contribution in [3.05, 3.63) is 124 Å². The van der Waals surface area contributed by atoms with Crippen LogP contribution in [0.2, 0.25) is 0 Å². The number of benzene rings is 4. The topological polar surface area (TPSA) is 96.0 Å². The van der Waals surface area contributed by atoms with Crippen LogP contribution in [0, 0.1) is 6.92 Å². The molecule has 4 rings (SSSR count). The highest BCUT2D eigenvalue weighted by Crippen LogP contribution is 2.27. The van der Waals surface area contributed by atoms with Crippen LogP contribution >= 0.6 is 15.9 Å². The lowest BCUT2D eigenvalue weighted by Crippen LogP contribution is -2.54. The Morgan fingerprint density at radius 2 is 1.50 bits per heavy atom. The van der Waals surface area contributed by atoms with E-state index in [1.807, 2.05) is 75.4 Å². The molecule has 0 bridgehead atoms. The Bertz CT molecular complexity index is 1700. The molecule has 10 heteroatoms. The number of rotatable bonds is 14. The first-order valence-corrected chi connectivity index (χ1v) is 17.4. The molecule has 0 saturated heterocycles. The normalized spacial score (nSPS) is 12.5. The van der Waals surface area contributed by atoms with E-state index in [1.54, 1.807) is 36.4 Å². The number of aryl methyl sites for hydroxylation is 1. The van der Waals surface area contributed by atoms with Crippen molar-refractivity contribution in [2.24, 2.45) is 0 Å². The Kier molecular flexibility index (Phi) is 12.0. The molecule has 0 aliphatic heterocycles. The lowest BCUT2D eigenvalue weighted by molar-refractivity contribution is -0.140. The molecule has 1 N–H and O–H groups in total. The predicted octanol–water partition coefficient (Wildman–Crippen LogP) is 6.52. The minimum absolute atomic E-state index is 0.0106. The summed E-state index contributed by atoms with van der Waals surface area (Å²) in [5.41, 5.74) is 2.95. The van der Waals surface area contributed by atoms with Crippen LogP contribution in [0.15, 0.2) is 112 Å². The van der Waals surface area contributed by atoms with Gasteiger partial charge in [0.1, 0.15) is 18.3 Å². The summed E-state index contributed by atoms with van der Waals surface area (Å²) in [6, 6.07) is 29.0. The summed E-state index contributed by atoms with van der Waals surface area (Å²) in [7, 11) is -2.70. The van der Waals surface area contributed by atoms with Crippen LogP contribution in [0.5, 0.6) is 5.75 Å². The fourth-order valence-corrected chi connectivity index (χ4v) is 6.57. The van der Waals surface area contributed by atoms with Gasteiger partial charge in [0.2, 0.25) is 11.8 Å². The van der Waals surface area contributed by atoms with Gasteiger partial charge in [-0.2, -0.15) is 0 Å². The number of halogens is 1. The van der Waals surface area contributed by atoms with Gasteiger partial charge in [-0.25, -0.2) is 8.42 Å². The largest absolute Gasteiger partial charge is 0.497 e. The molecule has 0 aliphatic rings. The average Bonchev–Trinajstić information content (AvgIpc) is 3.06. The molecule has 4 aromatic carbocycles. The van der Waals surface area contributed by atoms with E-state index in [4.69, 9.17) is 4.74 Å². The van der Waals surface area contributed by atoms with Gasteiger partial charge < -0.3 is 15.0 Å². The number of amides is 2. The Hall–Kier alpha value is -4.15. The van der Waals surface area contributed by atoms with Crippen molar-refractivity contribution >= 4 is 43.5 Å². The smallest absolute Gasteiger partial charge is 0.264 e. The minimum Gasteiger partial charge on any atom is -0.497 e. The van der Waals surface area contributed by atoms with Crippen molar-refractivity contribution in [1.82, 2.24) is 10.2 Å². The van der Waals surface area contributed by atoms with Gasteiger partial charge >= 0.3 is 0 Å². The van der Waals surface area contributed by atoms with E-state index in [2.05, 4.69) is 21.2 Å². The number of hydrogen-bond donors (Lipinski definition) is 1. The van der Waals surface area contributed by atoms with Crippen molar-refractivity contribution in [2.75, 3.05) is 18.0 Å². The zero-order valence-electron chi connectivity index (χ0n) is 26.5. The molecule has 0 aliphatic carbocycles. The van der Waals surface area contributed by atoms with Crippen LogP contribution in [-0.4, -0.2) is 50.9 Å². The van der Waals surface area contributed by atoms with E-state index in [0.717, 1.165) is 25.5 Å². The number of anilines is 1. The van der Waals surface area contributed by atoms with Gasteiger partial charge in [-0.15, -0.1) is 0 Å². The second-order valence-electron chi connectivity index (χ2n) is 11.2. The number of hydrogen-bond acceptors (Lipinski definition) is 5. The van der Waals surface area contributed by atoms with Crippen LogP contribution in [-0.2, 0) is 32.6 Å². The van der Waals surface area contributed by atoms with Crippen molar-refractivity contribution in [2.45, 2.75) is 57.1 Å². The summed E-state index contributed by atoms with van der Waals surface area (Å²) >= 11 is 3.46. The minimum atomic E-state index is -4.20. The number of carbonyl (C=O) groups excluding carboxylic acids is 2. The fraction of sp³-hybridized carbons (Fsp3) is 0.278. The van der Waals surface area contributed by atoms with Crippen LogP contribution in [0.25, 0.3) is 0 Å². The highest BCUT2D eigenvalue weighted by atomic mass is 79.9. The van der Waals surface area contributed by atoms with Gasteiger partial charge in [-0.05, 0) is 79.9 Å². The van der Waals surface area contributed by atoms with Gasteiger partial charge in [0.25, 0.3) is 10.0 Å². The van der Waals surface area contributed by atoms with Gasteiger partial charge in [-0.1, -0.05) is 83.0 Å². The zero-order valence-corrected chi connectivity index (χ0v) is 28.9. The molecule has 2 atom stereocenters. The van der Waals surface area contributed by atoms with E-state index in [0.29, 0.717) is 17.9 Å². The molecule has 0 spiro atoms. The molecule has 2 amide bonds. The van der Waals surface area contributed by atoms with Crippen LogP contribution in [0.1, 0.15) is 37.0 Å². The van der Waals surface area contributed by atoms with Crippen molar-refractivity contribution < 1.29 is 22.7 Å². The maximum absolute atomic E-state index is 14.5. The molecule has 0 radical (unpaired) electrons. The monoisotopic (exact) mass is 705 g/mol. The fourth-order valence-electron chi connectivity index (χ4n) is 4.90. The summed E-state index contributed by atoms with van der Waals surface area (Å²) in [5.74, 6) is -0.307. The number of methoxy groups -OCH3 is 1. The molecule has 0 saturated carbocycles. The van der Waals surface area contributed by atoms with Gasteiger partial charge in [-0.3, -0.25) is 13.9 Å². The van der Waals surface area contributed by atoms with Crippen LogP contribution < -0.4 is 14.4 Å². The van der Waals surface area contributed by atoms with E-state index < -0.39 is 28.5 Å². The molecule has 0 heterocycles. The third-order valence-corrected chi connectivity index (χ3v) is 10.1. The van der Waals surface area contributed by atoms with Gasteiger partial charge in [0.05, 0.1) is 17.7 Å². The Morgan fingerprint density at radius 1 is 0.870 bits per heavy atom. The van der Waals surface area contributed by atoms with Gasteiger partial charge in [0, 0.05) is 23.5 Å². The lowest BCUT2D eigenvalue weighted by atomic mass is 10.0. The lowest BCUT2D eigenvalue weighted by Gasteiger charge is -2.34. The second kappa shape index (κ2) is 15.9.